The maximum atomic E-state index is 5.65. The van der Waals surface area contributed by atoms with Crippen LogP contribution in [0, 0.1) is 0 Å². The molecule has 0 bridgehead atoms. The van der Waals surface area contributed by atoms with Gasteiger partial charge in [-0.2, -0.15) is 0 Å². The fourth-order valence-corrected chi connectivity index (χ4v) is 3.05. The van der Waals surface area contributed by atoms with Gasteiger partial charge in [-0.3, -0.25) is 4.90 Å². The molecule has 20 heavy (non-hydrogen) atoms. The van der Waals surface area contributed by atoms with E-state index in [2.05, 4.69) is 42.1 Å². The van der Waals surface area contributed by atoms with Gasteiger partial charge in [0.15, 0.2) is 0 Å². The van der Waals surface area contributed by atoms with E-state index in [-0.39, 0.29) is 0 Å². The van der Waals surface area contributed by atoms with Crippen LogP contribution in [0.1, 0.15) is 38.5 Å². The zero-order valence-electron chi connectivity index (χ0n) is 13.1. The lowest BCUT2D eigenvalue weighted by Crippen LogP contribution is -2.44. The first-order chi connectivity index (χ1) is 9.74. The Balaban J connectivity index is 1.91. The van der Waals surface area contributed by atoms with E-state index in [1.54, 1.807) is 6.26 Å². The fraction of sp³-hybridized carbons (Fsp3) is 0.750. The quantitative estimate of drug-likeness (QED) is 0.830. The number of nitrogens with zero attached hydrogens (tertiary/aromatic N) is 2. The van der Waals surface area contributed by atoms with Crippen LogP contribution in [0.15, 0.2) is 22.8 Å². The molecule has 4 heteroatoms. The molecule has 1 N–H and O–H groups in total. The first-order valence-corrected chi connectivity index (χ1v) is 7.94. The van der Waals surface area contributed by atoms with Crippen LogP contribution in [0.4, 0.5) is 0 Å². The van der Waals surface area contributed by atoms with Gasteiger partial charge in [0.2, 0.25) is 0 Å². The molecule has 0 radical (unpaired) electrons. The second kappa shape index (κ2) is 7.81. The zero-order valence-corrected chi connectivity index (χ0v) is 13.1. The van der Waals surface area contributed by atoms with Crippen LogP contribution in [0.25, 0.3) is 0 Å². The van der Waals surface area contributed by atoms with E-state index in [1.165, 1.54) is 25.9 Å². The number of nitrogens with one attached hydrogen (secondary N) is 1. The van der Waals surface area contributed by atoms with Crippen molar-refractivity contribution >= 4 is 0 Å². The van der Waals surface area contributed by atoms with Crippen LogP contribution in [0.3, 0.4) is 0 Å². The molecule has 2 rings (SSSR count). The highest BCUT2D eigenvalue weighted by Crippen LogP contribution is 2.21. The Morgan fingerprint density at radius 3 is 2.60 bits per heavy atom. The average molecular weight is 279 g/mol. The number of piperidine rings is 1. The molecule has 1 aliphatic rings. The van der Waals surface area contributed by atoms with Crippen molar-refractivity contribution in [1.82, 2.24) is 15.1 Å². The second-order valence-electron chi connectivity index (χ2n) is 5.74. The summed E-state index contributed by atoms with van der Waals surface area (Å²) >= 11 is 0. The molecule has 0 spiro atoms. The Labute approximate surface area is 123 Å². The van der Waals surface area contributed by atoms with E-state index in [4.69, 9.17) is 4.42 Å². The summed E-state index contributed by atoms with van der Waals surface area (Å²) in [6.07, 6.45) is 4.28. The maximum Gasteiger partial charge on any atom is 0.122 e. The van der Waals surface area contributed by atoms with E-state index in [1.807, 2.05) is 6.07 Å². The lowest BCUT2D eigenvalue weighted by molar-refractivity contribution is 0.171. The van der Waals surface area contributed by atoms with Crippen molar-refractivity contribution in [2.75, 3.05) is 39.8 Å². The summed E-state index contributed by atoms with van der Waals surface area (Å²) in [5, 5.41) is 3.75. The Hall–Kier alpha value is -0.840. The highest BCUT2D eigenvalue weighted by Gasteiger charge is 2.23. The lowest BCUT2D eigenvalue weighted by atomic mass is 10.0. The van der Waals surface area contributed by atoms with Gasteiger partial charge in [0.1, 0.15) is 5.76 Å². The molecule has 0 saturated carbocycles. The summed E-state index contributed by atoms with van der Waals surface area (Å²) in [7, 11) is 2.21. The Morgan fingerprint density at radius 2 is 2.05 bits per heavy atom. The minimum absolute atomic E-state index is 0.347. The van der Waals surface area contributed by atoms with Crippen LogP contribution in [-0.2, 0) is 0 Å². The summed E-state index contributed by atoms with van der Waals surface area (Å²) in [6.45, 7) is 9.92. The van der Waals surface area contributed by atoms with Gasteiger partial charge in [0.05, 0.1) is 12.3 Å². The number of rotatable bonds is 7. The smallest absolute Gasteiger partial charge is 0.122 e. The van der Waals surface area contributed by atoms with Gasteiger partial charge in [-0.05, 0) is 58.2 Å². The number of hydrogen-bond donors (Lipinski definition) is 1. The number of likely N-dealkylation sites (N-methyl/N-ethyl adjacent to an activating group) is 1. The molecule has 1 atom stereocenters. The van der Waals surface area contributed by atoms with Crippen molar-refractivity contribution in [3.8, 4) is 0 Å². The predicted octanol–water partition coefficient (Wildman–Crippen LogP) is 2.35. The van der Waals surface area contributed by atoms with E-state index in [9.17, 15) is 0 Å². The summed E-state index contributed by atoms with van der Waals surface area (Å²) in [4.78, 5) is 4.87. The van der Waals surface area contributed by atoms with E-state index in [0.717, 1.165) is 25.4 Å². The fourth-order valence-electron chi connectivity index (χ4n) is 3.05. The molecular weight excluding hydrogens is 250 g/mol. The third kappa shape index (κ3) is 4.08. The molecule has 0 aromatic carbocycles. The van der Waals surface area contributed by atoms with E-state index < -0.39 is 0 Å². The minimum Gasteiger partial charge on any atom is -0.468 e. The molecular formula is C16H29N3O. The molecule has 0 unspecified atom stereocenters. The van der Waals surface area contributed by atoms with E-state index in [0.29, 0.717) is 12.1 Å². The predicted molar refractivity (Wildman–Crippen MR) is 82.9 cm³/mol. The minimum atomic E-state index is 0.347. The van der Waals surface area contributed by atoms with Crippen molar-refractivity contribution in [3.63, 3.8) is 0 Å². The van der Waals surface area contributed by atoms with Gasteiger partial charge in [-0.25, -0.2) is 0 Å². The normalized spacial score (nSPS) is 19.6. The van der Waals surface area contributed by atoms with E-state index >= 15 is 0 Å². The van der Waals surface area contributed by atoms with Crippen LogP contribution >= 0.6 is 0 Å². The molecule has 1 aromatic heterocycles. The summed E-state index contributed by atoms with van der Waals surface area (Å²) < 4.78 is 5.65. The molecule has 0 aliphatic carbocycles. The van der Waals surface area contributed by atoms with Crippen LogP contribution in [0.5, 0.6) is 0 Å². The molecule has 2 heterocycles. The highest BCUT2D eigenvalue weighted by molar-refractivity contribution is 5.05. The monoisotopic (exact) mass is 279 g/mol. The van der Waals surface area contributed by atoms with Gasteiger partial charge < -0.3 is 14.6 Å². The number of furan rings is 1. The molecule has 0 amide bonds. The zero-order chi connectivity index (χ0) is 14.4. The maximum absolute atomic E-state index is 5.65. The van der Waals surface area contributed by atoms with Crippen molar-refractivity contribution in [2.45, 2.75) is 38.8 Å². The molecule has 114 valence electrons. The van der Waals surface area contributed by atoms with Crippen molar-refractivity contribution in [2.24, 2.45) is 0 Å². The topological polar surface area (TPSA) is 31.6 Å². The number of likely N-dealkylation sites (tertiary alicyclic amines) is 1. The summed E-state index contributed by atoms with van der Waals surface area (Å²) in [5.41, 5.74) is 0. The SMILES string of the molecule is CCN(CC)[C@@H](CNC1CCN(C)CC1)c1ccco1. The van der Waals surface area contributed by atoms with Crippen molar-refractivity contribution in [1.29, 1.82) is 0 Å². The van der Waals surface area contributed by atoms with Gasteiger partial charge in [0.25, 0.3) is 0 Å². The Morgan fingerprint density at radius 1 is 1.35 bits per heavy atom. The Bertz CT molecular complexity index is 354. The van der Waals surface area contributed by atoms with Gasteiger partial charge >= 0.3 is 0 Å². The molecule has 4 nitrogen and oxygen atoms in total. The van der Waals surface area contributed by atoms with Crippen molar-refractivity contribution < 1.29 is 4.42 Å². The number of hydrogen-bond acceptors (Lipinski definition) is 4. The molecule has 1 saturated heterocycles. The van der Waals surface area contributed by atoms with Crippen molar-refractivity contribution in [3.05, 3.63) is 24.2 Å². The third-order valence-corrected chi connectivity index (χ3v) is 4.44. The molecule has 1 fully saturated rings. The standard InChI is InChI=1S/C16H29N3O/c1-4-19(5-2)15(16-7-6-12-20-16)13-17-14-8-10-18(3)11-9-14/h6-7,12,14-15,17H,4-5,8-11,13H2,1-3H3/t15-/m0/s1. The highest BCUT2D eigenvalue weighted by atomic mass is 16.3. The van der Waals surface area contributed by atoms with Crippen LogP contribution < -0.4 is 5.32 Å². The van der Waals surface area contributed by atoms with Gasteiger partial charge in [0, 0.05) is 12.6 Å². The van der Waals surface area contributed by atoms with Gasteiger partial charge in [-0.1, -0.05) is 13.8 Å². The lowest BCUT2D eigenvalue weighted by Gasteiger charge is -2.33. The third-order valence-electron chi connectivity index (χ3n) is 4.44. The first-order valence-electron chi connectivity index (χ1n) is 7.94. The summed E-state index contributed by atoms with van der Waals surface area (Å²) in [5.74, 6) is 1.08. The van der Waals surface area contributed by atoms with Gasteiger partial charge in [-0.15, -0.1) is 0 Å². The molecule has 1 aromatic rings. The second-order valence-corrected chi connectivity index (χ2v) is 5.74. The van der Waals surface area contributed by atoms with Crippen LogP contribution in [-0.4, -0.2) is 55.6 Å². The first kappa shape index (κ1) is 15.5. The average Bonchev–Trinajstić information content (AvgIpc) is 2.99. The summed E-state index contributed by atoms with van der Waals surface area (Å²) in [6, 6.07) is 5.08. The Kier molecular flexibility index (Phi) is 6.07. The largest absolute Gasteiger partial charge is 0.468 e. The van der Waals surface area contributed by atoms with Crippen LogP contribution in [0.2, 0.25) is 0 Å². The molecule has 1 aliphatic heterocycles.